The monoisotopic (exact) mass is 383 g/mol. The molecule has 0 aromatic rings. The minimum atomic E-state index is -4.81. The molecule has 0 spiro atoms. The molecule has 0 unspecified atom stereocenters. The van der Waals surface area contributed by atoms with E-state index in [0.717, 1.165) is 6.54 Å². The third-order valence-corrected chi connectivity index (χ3v) is 3.70. The van der Waals surface area contributed by atoms with Gasteiger partial charge in [0, 0.05) is 0 Å². The maximum Gasteiger partial charge on any atom is 0.448 e. The van der Waals surface area contributed by atoms with E-state index >= 15 is 0 Å². The van der Waals surface area contributed by atoms with Gasteiger partial charge >= 0.3 is 22.3 Å². The molecule has 0 aromatic heterocycles. The Balaban J connectivity index is 0. The highest BCUT2D eigenvalue weighted by atomic mass is 32.3. The number of aliphatic carboxylic acids is 1. The number of carbonyl (C=O) groups excluding carboxylic acids is 1. The summed E-state index contributed by atoms with van der Waals surface area (Å²) < 4.78 is 31.1. The Labute approximate surface area is 151 Å². The molecule has 0 aliphatic carbocycles. The first-order valence-electron chi connectivity index (χ1n) is 8.84. The predicted molar refractivity (Wildman–Crippen MR) is 95.4 cm³/mol. The van der Waals surface area contributed by atoms with Crippen molar-refractivity contribution in [2.45, 2.75) is 84.0 Å². The molecule has 0 amide bonds. The van der Waals surface area contributed by atoms with Gasteiger partial charge in [-0.3, -0.25) is 14.1 Å². The van der Waals surface area contributed by atoms with E-state index in [0.29, 0.717) is 0 Å². The van der Waals surface area contributed by atoms with Crippen molar-refractivity contribution in [1.29, 1.82) is 0 Å². The molecule has 4 N–H and O–H groups in total. The van der Waals surface area contributed by atoms with Crippen LogP contribution in [0.25, 0.3) is 0 Å². The molecule has 0 heterocycles. The quantitative estimate of drug-likeness (QED) is 0.306. The van der Waals surface area contributed by atoms with Crippen molar-refractivity contribution in [1.82, 2.24) is 0 Å². The Morgan fingerprint density at radius 2 is 1.32 bits per heavy atom. The minimum absolute atomic E-state index is 0.547. The van der Waals surface area contributed by atoms with Crippen molar-refractivity contribution < 1.29 is 31.8 Å². The standard InChI is InChI=1S/C12H27N.C4H6O7S/c1-2-3-4-5-6-7-8-9-10-11-12-13;5-3(6)1-2-4(7)11-12(8,9)10/h2-13H2,1H3;1-2H2,(H,5,6)(H,8,9,10). The van der Waals surface area contributed by atoms with Crippen LogP contribution in [0.2, 0.25) is 0 Å². The zero-order valence-corrected chi connectivity index (χ0v) is 15.9. The van der Waals surface area contributed by atoms with Crippen molar-refractivity contribution in [2.75, 3.05) is 6.54 Å². The molecule has 0 bridgehead atoms. The van der Waals surface area contributed by atoms with Gasteiger partial charge in [0.05, 0.1) is 12.8 Å². The first-order chi connectivity index (χ1) is 11.7. The lowest BCUT2D eigenvalue weighted by atomic mass is 10.1. The Morgan fingerprint density at radius 1 is 0.880 bits per heavy atom. The lowest BCUT2D eigenvalue weighted by Gasteiger charge is -2.00. The van der Waals surface area contributed by atoms with E-state index in [1.165, 1.54) is 64.2 Å². The molecule has 0 saturated heterocycles. The number of unbranched alkanes of at least 4 members (excludes halogenated alkanes) is 9. The maximum atomic E-state index is 10.3. The van der Waals surface area contributed by atoms with E-state index in [1.807, 2.05) is 0 Å². The zero-order chi connectivity index (χ0) is 19.6. The Bertz CT molecular complexity index is 428. The summed E-state index contributed by atoms with van der Waals surface area (Å²) in [6.45, 7) is 3.14. The number of rotatable bonds is 14. The van der Waals surface area contributed by atoms with Gasteiger partial charge in [-0.1, -0.05) is 64.7 Å². The lowest BCUT2D eigenvalue weighted by Crippen LogP contribution is -2.12. The van der Waals surface area contributed by atoms with E-state index in [2.05, 4.69) is 11.1 Å². The number of hydrogen-bond acceptors (Lipinski definition) is 6. The fourth-order valence-electron chi connectivity index (χ4n) is 2.00. The largest absolute Gasteiger partial charge is 0.481 e. The van der Waals surface area contributed by atoms with Gasteiger partial charge in [-0.25, -0.2) is 0 Å². The summed E-state index contributed by atoms with van der Waals surface area (Å²) in [6, 6.07) is 0. The summed E-state index contributed by atoms with van der Waals surface area (Å²) in [4.78, 5) is 20.2. The SMILES string of the molecule is CCCCCCCCCCCCN.O=C(O)CCC(=O)OS(=O)(=O)O. The Hall–Kier alpha value is -1.19. The fraction of sp³-hybridized carbons (Fsp3) is 0.875. The van der Waals surface area contributed by atoms with E-state index in [1.54, 1.807) is 0 Å². The highest BCUT2D eigenvalue weighted by molar-refractivity contribution is 7.81. The molecule has 0 aliphatic rings. The molecule has 0 aromatic carbocycles. The van der Waals surface area contributed by atoms with Crippen LogP contribution in [0.15, 0.2) is 0 Å². The second-order valence-corrected chi connectivity index (χ2v) is 6.77. The van der Waals surface area contributed by atoms with Gasteiger partial charge in [-0.2, -0.15) is 8.42 Å². The van der Waals surface area contributed by atoms with Crippen molar-refractivity contribution in [2.24, 2.45) is 5.73 Å². The molecule has 0 atom stereocenters. The first-order valence-corrected chi connectivity index (χ1v) is 10.2. The van der Waals surface area contributed by atoms with Crippen LogP contribution in [0, 0.1) is 0 Å². The Morgan fingerprint density at radius 3 is 1.68 bits per heavy atom. The van der Waals surface area contributed by atoms with Gasteiger partial charge in [-0.05, 0) is 13.0 Å². The first kappa shape index (κ1) is 26.0. The van der Waals surface area contributed by atoms with Gasteiger partial charge in [0.25, 0.3) is 0 Å². The van der Waals surface area contributed by atoms with Gasteiger partial charge < -0.3 is 15.0 Å². The van der Waals surface area contributed by atoms with Gasteiger partial charge in [0.15, 0.2) is 0 Å². The van der Waals surface area contributed by atoms with Crippen LogP contribution in [0.5, 0.6) is 0 Å². The third kappa shape index (κ3) is 27.9. The van der Waals surface area contributed by atoms with Crippen molar-refractivity contribution in [3.63, 3.8) is 0 Å². The van der Waals surface area contributed by atoms with E-state index in [4.69, 9.17) is 15.4 Å². The van der Waals surface area contributed by atoms with Crippen LogP contribution in [0.4, 0.5) is 0 Å². The normalized spacial score (nSPS) is 10.7. The van der Waals surface area contributed by atoms with Crippen LogP contribution >= 0.6 is 0 Å². The second kappa shape index (κ2) is 17.6. The summed E-state index contributed by atoms with van der Waals surface area (Å²) in [6.07, 6.45) is 12.8. The smallest absolute Gasteiger partial charge is 0.448 e. The van der Waals surface area contributed by atoms with E-state index in [-0.39, 0.29) is 0 Å². The van der Waals surface area contributed by atoms with E-state index in [9.17, 15) is 18.0 Å². The average molecular weight is 384 g/mol. The average Bonchev–Trinajstić information content (AvgIpc) is 2.50. The van der Waals surface area contributed by atoms with Gasteiger partial charge in [0.2, 0.25) is 0 Å². The molecule has 8 nitrogen and oxygen atoms in total. The topological polar surface area (TPSA) is 144 Å². The number of carboxylic acid groups (broad SMARTS) is 1. The molecule has 25 heavy (non-hydrogen) atoms. The number of carboxylic acids is 1. The van der Waals surface area contributed by atoms with Crippen molar-refractivity contribution >= 4 is 22.3 Å². The maximum absolute atomic E-state index is 10.3. The van der Waals surface area contributed by atoms with Crippen molar-refractivity contribution in [3.8, 4) is 0 Å². The van der Waals surface area contributed by atoms with Crippen molar-refractivity contribution in [3.05, 3.63) is 0 Å². The summed E-state index contributed by atoms with van der Waals surface area (Å²) in [5, 5.41) is 8.04. The summed E-state index contributed by atoms with van der Waals surface area (Å²) in [5.74, 6) is -2.57. The molecule has 0 saturated carbocycles. The van der Waals surface area contributed by atoms with Crippen LogP contribution in [0.3, 0.4) is 0 Å². The molecule has 0 fully saturated rings. The van der Waals surface area contributed by atoms with Crippen LogP contribution < -0.4 is 5.73 Å². The Kier molecular flexibility index (Phi) is 18.4. The number of hydrogen-bond donors (Lipinski definition) is 3. The van der Waals surface area contributed by atoms with Crippen LogP contribution in [-0.4, -0.2) is 36.6 Å². The third-order valence-electron chi connectivity index (χ3n) is 3.30. The van der Waals surface area contributed by atoms with Crippen LogP contribution in [0.1, 0.15) is 84.0 Å². The molecular formula is C16H33NO7S. The van der Waals surface area contributed by atoms with Gasteiger partial charge in [-0.15, -0.1) is 0 Å². The summed E-state index contributed by atoms with van der Waals surface area (Å²) in [5.41, 5.74) is 5.42. The summed E-state index contributed by atoms with van der Waals surface area (Å²) >= 11 is 0. The predicted octanol–water partition coefficient (Wildman–Crippen LogP) is 3.06. The fourth-order valence-corrected chi connectivity index (χ4v) is 2.32. The zero-order valence-electron chi connectivity index (χ0n) is 15.1. The molecule has 150 valence electrons. The lowest BCUT2D eigenvalue weighted by molar-refractivity contribution is -0.142. The molecule has 9 heteroatoms. The molecule has 0 rings (SSSR count). The number of nitrogens with two attached hydrogens (primary N) is 1. The van der Waals surface area contributed by atoms with E-state index < -0.39 is 35.2 Å². The highest BCUT2D eigenvalue weighted by Gasteiger charge is 2.13. The molecular weight excluding hydrogens is 350 g/mol. The molecule has 0 radical (unpaired) electrons. The summed E-state index contributed by atoms with van der Waals surface area (Å²) in [7, 11) is -4.81. The van der Waals surface area contributed by atoms with Gasteiger partial charge in [0.1, 0.15) is 0 Å². The van der Waals surface area contributed by atoms with Crippen LogP contribution in [-0.2, 0) is 24.2 Å². The minimum Gasteiger partial charge on any atom is -0.481 e. The molecule has 0 aliphatic heterocycles. The second-order valence-electron chi connectivity index (χ2n) is 5.75. The highest BCUT2D eigenvalue weighted by Crippen LogP contribution is 2.09. The number of carbonyl (C=O) groups is 2.